The van der Waals surface area contributed by atoms with E-state index in [9.17, 15) is 23.9 Å². The fourth-order valence-corrected chi connectivity index (χ4v) is 4.34. The van der Waals surface area contributed by atoms with Gasteiger partial charge in [0.2, 0.25) is 11.8 Å². The van der Waals surface area contributed by atoms with Crippen molar-refractivity contribution in [1.29, 1.82) is 0 Å². The van der Waals surface area contributed by atoms with E-state index in [1.165, 1.54) is 42.6 Å². The average Bonchev–Trinajstić information content (AvgIpc) is 3.79. The molecule has 3 aromatic carbocycles. The Morgan fingerprint density at radius 2 is 1.52 bits per heavy atom. The van der Waals surface area contributed by atoms with Gasteiger partial charge in [0.25, 0.3) is 0 Å². The summed E-state index contributed by atoms with van der Waals surface area (Å²) in [6, 6.07) is 13.8. The Balaban J connectivity index is 0.00000442. The van der Waals surface area contributed by atoms with Crippen LogP contribution in [0.25, 0.3) is 10.9 Å². The molecule has 4 aromatic rings. The zero-order chi connectivity index (χ0) is 30.6. The van der Waals surface area contributed by atoms with Crippen LogP contribution in [-0.2, 0) is 14.4 Å². The van der Waals surface area contributed by atoms with E-state index in [4.69, 9.17) is 14.2 Å². The molecule has 2 amide bonds. The zero-order valence-corrected chi connectivity index (χ0v) is 27.1. The van der Waals surface area contributed by atoms with Crippen LogP contribution in [-0.4, -0.2) is 36.0 Å². The third kappa shape index (κ3) is 7.71. The Morgan fingerprint density at radius 3 is 2.16 bits per heavy atom. The van der Waals surface area contributed by atoms with Gasteiger partial charge in [0.05, 0.1) is 18.7 Å². The van der Waals surface area contributed by atoms with Gasteiger partial charge >= 0.3 is 51.4 Å². The molecule has 1 saturated carbocycles. The maximum atomic E-state index is 15.1. The molecule has 0 saturated heterocycles. The van der Waals surface area contributed by atoms with E-state index in [1.807, 2.05) is 0 Å². The van der Waals surface area contributed by atoms with Gasteiger partial charge < -0.3 is 34.7 Å². The van der Waals surface area contributed by atoms with Gasteiger partial charge in [-0.25, -0.2) is 8.78 Å². The summed E-state index contributed by atoms with van der Waals surface area (Å²) in [7, 11) is 0. The van der Waals surface area contributed by atoms with Crippen molar-refractivity contribution >= 4 is 40.1 Å². The summed E-state index contributed by atoms with van der Waals surface area (Å²) in [6.45, 7) is 1.95. The molecule has 0 unspecified atom stereocenters. The number of carboxylic acids is 1. The summed E-state index contributed by atoms with van der Waals surface area (Å²) >= 11 is 0. The summed E-state index contributed by atoms with van der Waals surface area (Å²) < 4.78 is 45.4. The Hall–Kier alpha value is -3.62. The first-order chi connectivity index (χ1) is 20.7. The van der Waals surface area contributed by atoms with E-state index in [-0.39, 0.29) is 87.3 Å². The molecule has 1 heterocycles. The van der Waals surface area contributed by atoms with Crippen LogP contribution in [0.5, 0.6) is 23.0 Å². The van der Waals surface area contributed by atoms with Gasteiger partial charge in [-0.15, -0.1) is 0 Å². The number of rotatable bonds is 12. The average molecular weight is 630 g/mol. The molecule has 10 nitrogen and oxygen atoms in total. The number of aliphatic carboxylic acids is 1. The van der Waals surface area contributed by atoms with Crippen LogP contribution >= 0.6 is 0 Å². The fourth-order valence-electron chi connectivity index (χ4n) is 4.34. The van der Waals surface area contributed by atoms with Crippen LogP contribution in [0.3, 0.4) is 0 Å². The Bertz CT molecular complexity index is 1700. The molecule has 1 aliphatic rings. The number of hydrogen-bond acceptors (Lipinski definition) is 8. The van der Waals surface area contributed by atoms with E-state index < -0.39 is 34.8 Å². The first-order valence-corrected chi connectivity index (χ1v) is 13.4. The van der Waals surface area contributed by atoms with Crippen molar-refractivity contribution in [3.05, 3.63) is 78.5 Å². The molecular formula is C31H26F2KN3O7. The van der Waals surface area contributed by atoms with Crippen molar-refractivity contribution in [3.63, 3.8) is 0 Å². The van der Waals surface area contributed by atoms with E-state index in [1.54, 1.807) is 25.1 Å². The van der Waals surface area contributed by atoms with Crippen LogP contribution in [0.2, 0.25) is 0 Å². The van der Waals surface area contributed by atoms with Crippen molar-refractivity contribution in [2.24, 2.45) is 5.41 Å². The minimum atomic E-state index is -1.30. The largest absolute Gasteiger partial charge is 1.00 e. The van der Waals surface area contributed by atoms with Crippen molar-refractivity contribution in [2.45, 2.75) is 26.2 Å². The predicted octanol–water partition coefficient (Wildman–Crippen LogP) is 1.58. The molecule has 0 spiro atoms. The normalized spacial score (nSPS) is 12.9. The Kier molecular flexibility index (Phi) is 10.9. The standard InChI is InChI=1S/C31H27F2N3O7.K/c1-2-41-26-16-21-23(17-27(26)42-14-10-28(37)38)34-13-9-24(21)43-25-8-7-20(15-22(25)33)36-30(40)31(11-12-31)29(39)35-19-5-3-18(32)4-6-19;/h3-9,13,15-17H,2,10-12,14H2,1H3,(H,35,39)(H,36,40)(H,37,38);/q;+1/p-1. The molecule has 0 atom stereocenters. The van der Waals surface area contributed by atoms with E-state index in [0.717, 1.165) is 6.07 Å². The molecule has 1 aromatic heterocycles. The van der Waals surface area contributed by atoms with Gasteiger partial charge in [-0.05, 0) is 68.3 Å². The molecule has 0 aliphatic heterocycles. The Labute approximate surface area is 293 Å². The van der Waals surface area contributed by atoms with E-state index >= 15 is 4.39 Å². The predicted molar refractivity (Wildman–Crippen MR) is 150 cm³/mol. The third-order valence-electron chi connectivity index (χ3n) is 6.76. The summed E-state index contributed by atoms with van der Waals surface area (Å²) in [5.41, 5.74) is -0.384. The van der Waals surface area contributed by atoms with Crippen molar-refractivity contribution in [2.75, 3.05) is 23.8 Å². The molecule has 1 fully saturated rings. The van der Waals surface area contributed by atoms with Crippen LogP contribution < -0.4 is 81.3 Å². The number of carbonyl (C=O) groups excluding carboxylic acids is 3. The van der Waals surface area contributed by atoms with Crippen molar-refractivity contribution in [3.8, 4) is 23.0 Å². The number of aromatic nitrogens is 1. The number of pyridine rings is 1. The molecule has 2 N–H and O–H groups in total. The van der Waals surface area contributed by atoms with Gasteiger partial charge in [0, 0.05) is 47.5 Å². The molecule has 0 bridgehead atoms. The number of carboxylic acid groups (broad SMARTS) is 1. The van der Waals surface area contributed by atoms with Gasteiger partial charge in [-0.1, -0.05) is 0 Å². The van der Waals surface area contributed by atoms with Gasteiger partial charge in [-0.3, -0.25) is 14.6 Å². The molecule has 5 rings (SSSR count). The first kappa shape index (κ1) is 33.3. The molecule has 1 aliphatic carbocycles. The zero-order valence-electron chi connectivity index (χ0n) is 23.9. The quantitative estimate of drug-likeness (QED) is 0.178. The third-order valence-corrected chi connectivity index (χ3v) is 6.76. The number of nitrogens with zero attached hydrogens (tertiary/aromatic N) is 1. The fraction of sp³-hybridized carbons (Fsp3) is 0.226. The smallest absolute Gasteiger partial charge is 0.550 e. The topological polar surface area (TPSA) is 139 Å². The number of fused-ring (bicyclic) bond motifs is 1. The maximum Gasteiger partial charge on any atom is 1.00 e. The van der Waals surface area contributed by atoms with Gasteiger partial charge in [0.1, 0.15) is 17.0 Å². The van der Waals surface area contributed by atoms with Crippen LogP contribution in [0, 0.1) is 17.0 Å². The number of amides is 2. The molecule has 0 radical (unpaired) electrons. The van der Waals surface area contributed by atoms with E-state index in [0.29, 0.717) is 41.8 Å². The number of hydrogen-bond donors (Lipinski definition) is 2. The Morgan fingerprint density at radius 1 is 0.864 bits per heavy atom. The summed E-state index contributed by atoms with van der Waals surface area (Å²) in [5.74, 6) is -2.85. The summed E-state index contributed by atoms with van der Waals surface area (Å²) in [6.07, 6.45) is 1.79. The summed E-state index contributed by atoms with van der Waals surface area (Å²) in [5, 5.41) is 16.5. The van der Waals surface area contributed by atoms with Crippen molar-refractivity contribution in [1.82, 2.24) is 4.98 Å². The number of anilines is 2. The minimum Gasteiger partial charge on any atom is -0.550 e. The maximum absolute atomic E-state index is 15.1. The second kappa shape index (κ2) is 14.4. The molecule has 13 heteroatoms. The van der Waals surface area contributed by atoms with Gasteiger partial charge in [-0.2, -0.15) is 0 Å². The molecule has 222 valence electrons. The number of carbonyl (C=O) groups is 3. The molecule has 44 heavy (non-hydrogen) atoms. The second-order valence-corrected chi connectivity index (χ2v) is 9.77. The number of benzene rings is 3. The number of ether oxygens (including phenoxy) is 3. The second-order valence-electron chi connectivity index (χ2n) is 9.77. The van der Waals surface area contributed by atoms with Crippen LogP contribution in [0.15, 0.2) is 66.9 Å². The van der Waals surface area contributed by atoms with Crippen molar-refractivity contribution < 1.29 is 93.9 Å². The first-order valence-electron chi connectivity index (χ1n) is 13.4. The van der Waals surface area contributed by atoms with Gasteiger partial charge in [0.15, 0.2) is 23.1 Å². The number of nitrogens with one attached hydrogen (secondary N) is 2. The number of halogens is 2. The van der Waals surface area contributed by atoms with Crippen LogP contribution in [0.4, 0.5) is 20.2 Å². The monoisotopic (exact) mass is 629 g/mol. The van der Waals surface area contributed by atoms with Crippen LogP contribution in [0.1, 0.15) is 26.2 Å². The summed E-state index contributed by atoms with van der Waals surface area (Å²) in [4.78, 5) is 40.8. The SMILES string of the molecule is CCOc1cc2c(Oc3ccc(NC(=O)C4(C(=O)Nc5ccc(F)cc5)CC4)cc3F)ccnc2cc1OCCC(=O)[O-].[K+]. The molecular weight excluding hydrogens is 603 g/mol. The minimum absolute atomic E-state index is 0. The van der Waals surface area contributed by atoms with E-state index in [2.05, 4.69) is 15.6 Å².